The van der Waals surface area contributed by atoms with Crippen LogP contribution in [0, 0.1) is 5.92 Å². The number of hydrogen-bond acceptors (Lipinski definition) is 1. The highest BCUT2D eigenvalue weighted by Gasteiger charge is 2.20. The molecule has 0 N–H and O–H groups in total. The summed E-state index contributed by atoms with van der Waals surface area (Å²) in [5.41, 5.74) is 0. The summed E-state index contributed by atoms with van der Waals surface area (Å²) in [6.45, 7) is 5.71. The molecule has 0 radical (unpaired) electrons. The first-order chi connectivity index (χ1) is 10.8. The van der Waals surface area contributed by atoms with E-state index in [1.54, 1.807) is 0 Å². The molecule has 1 fully saturated rings. The Balaban J connectivity index is 1.61. The van der Waals surface area contributed by atoms with E-state index in [1.807, 2.05) is 0 Å². The van der Waals surface area contributed by atoms with E-state index in [0.29, 0.717) is 6.10 Å². The molecule has 0 aromatic carbocycles. The second-order valence-corrected chi connectivity index (χ2v) is 7.88. The van der Waals surface area contributed by atoms with E-state index < -0.39 is 0 Å². The maximum atomic E-state index is 5.24. The molecule has 0 amide bonds. The van der Waals surface area contributed by atoms with E-state index in [4.69, 9.17) is 4.74 Å². The third-order valence-corrected chi connectivity index (χ3v) is 4.96. The minimum absolute atomic E-state index is 0.648. The number of rotatable bonds is 17. The van der Waals surface area contributed by atoms with Crippen molar-refractivity contribution < 1.29 is 4.74 Å². The fourth-order valence-electron chi connectivity index (χ4n) is 3.28. The van der Waals surface area contributed by atoms with E-state index in [1.165, 1.54) is 103 Å². The van der Waals surface area contributed by atoms with Gasteiger partial charge in [-0.1, -0.05) is 110 Å². The molecule has 1 heteroatoms. The van der Waals surface area contributed by atoms with Crippen LogP contribution in [0.3, 0.4) is 0 Å². The van der Waals surface area contributed by atoms with E-state index in [2.05, 4.69) is 13.8 Å². The summed E-state index contributed by atoms with van der Waals surface area (Å²) in [7, 11) is 0. The van der Waals surface area contributed by atoms with Gasteiger partial charge < -0.3 is 4.74 Å². The number of hydrogen-bond donors (Lipinski definition) is 0. The maximum absolute atomic E-state index is 5.24. The van der Waals surface area contributed by atoms with Crippen molar-refractivity contribution in [2.24, 2.45) is 5.92 Å². The molecule has 1 aliphatic rings. The molecule has 1 unspecified atom stereocenters. The minimum atomic E-state index is 0.648. The molecule has 1 aliphatic heterocycles. The molecule has 1 rings (SSSR count). The average molecular weight is 311 g/mol. The summed E-state index contributed by atoms with van der Waals surface area (Å²) in [5, 5.41) is 0. The first kappa shape index (κ1) is 20.0. The second-order valence-electron chi connectivity index (χ2n) is 7.88. The van der Waals surface area contributed by atoms with Crippen molar-refractivity contribution in [1.82, 2.24) is 0 Å². The van der Waals surface area contributed by atoms with Gasteiger partial charge in [-0.3, -0.25) is 0 Å². The van der Waals surface area contributed by atoms with Gasteiger partial charge in [0.15, 0.2) is 0 Å². The fraction of sp³-hybridized carbons (Fsp3) is 1.00. The van der Waals surface area contributed by atoms with E-state index in [0.717, 1.165) is 12.5 Å². The first-order valence-corrected chi connectivity index (χ1v) is 10.4. The lowest BCUT2D eigenvalue weighted by Crippen LogP contribution is -1.87. The summed E-state index contributed by atoms with van der Waals surface area (Å²) in [5.74, 6) is 0.896. The monoisotopic (exact) mass is 310 g/mol. The van der Waals surface area contributed by atoms with Gasteiger partial charge in [0.2, 0.25) is 0 Å². The molecule has 1 atom stereocenters. The minimum Gasteiger partial charge on any atom is -0.373 e. The highest BCUT2D eigenvalue weighted by molar-refractivity contribution is 4.68. The Morgan fingerprint density at radius 3 is 1.36 bits per heavy atom. The van der Waals surface area contributed by atoms with Crippen molar-refractivity contribution in [3.63, 3.8) is 0 Å². The van der Waals surface area contributed by atoms with Crippen molar-refractivity contribution in [3.05, 3.63) is 0 Å². The van der Waals surface area contributed by atoms with Crippen molar-refractivity contribution in [1.29, 1.82) is 0 Å². The van der Waals surface area contributed by atoms with Gasteiger partial charge in [0.05, 0.1) is 12.7 Å². The fourth-order valence-corrected chi connectivity index (χ4v) is 3.28. The highest BCUT2D eigenvalue weighted by atomic mass is 16.6. The van der Waals surface area contributed by atoms with Crippen LogP contribution in [0.1, 0.15) is 117 Å². The normalized spacial score (nSPS) is 17.3. The maximum Gasteiger partial charge on any atom is 0.0810 e. The van der Waals surface area contributed by atoms with Crippen molar-refractivity contribution in [2.75, 3.05) is 6.61 Å². The van der Waals surface area contributed by atoms with Crippen molar-refractivity contribution >= 4 is 0 Å². The van der Waals surface area contributed by atoms with Gasteiger partial charge in [-0.25, -0.2) is 0 Å². The molecule has 0 bridgehead atoms. The Labute approximate surface area is 140 Å². The molecule has 1 nitrogen and oxygen atoms in total. The van der Waals surface area contributed by atoms with Crippen LogP contribution >= 0.6 is 0 Å². The zero-order valence-electron chi connectivity index (χ0n) is 15.6. The molecular weight excluding hydrogens is 268 g/mol. The zero-order valence-corrected chi connectivity index (χ0v) is 15.6. The van der Waals surface area contributed by atoms with Crippen molar-refractivity contribution in [3.8, 4) is 0 Å². The van der Waals surface area contributed by atoms with Crippen LogP contribution in [0.2, 0.25) is 0 Å². The van der Waals surface area contributed by atoms with Crippen LogP contribution in [0.4, 0.5) is 0 Å². The summed E-state index contributed by atoms with van der Waals surface area (Å²) >= 11 is 0. The number of ether oxygens (including phenoxy) is 1. The Morgan fingerprint density at radius 2 is 1.00 bits per heavy atom. The van der Waals surface area contributed by atoms with Gasteiger partial charge in [0.1, 0.15) is 0 Å². The summed E-state index contributed by atoms with van der Waals surface area (Å²) < 4.78 is 5.24. The van der Waals surface area contributed by atoms with Gasteiger partial charge in [-0.2, -0.15) is 0 Å². The van der Waals surface area contributed by atoms with Gasteiger partial charge in [0.25, 0.3) is 0 Å². The molecule has 0 aromatic rings. The van der Waals surface area contributed by atoms with E-state index in [9.17, 15) is 0 Å². The van der Waals surface area contributed by atoms with Crippen LogP contribution in [0.5, 0.6) is 0 Å². The third kappa shape index (κ3) is 14.9. The van der Waals surface area contributed by atoms with Crippen LogP contribution in [-0.4, -0.2) is 12.7 Å². The molecule has 1 heterocycles. The number of epoxide rings is 1. The Hall–Kier alpha value is -0.0400. The SMILES string of the molecule is CC(C)CCCCCCCCCCCCCCCCC1CO1. The topological polar surface area (TPSA) is 12.5 Å². The van der Waals surface area contributed by atoms with Gasteiger partial charge in [0, 0.05) is 0 Å². The predicted octanol–water partition coefficient (Wildman–Crippen LogP) is 7.28. The predicted molar refractivity (Wildman–Crippen MR) is 98.5 cm³/mol. The summed E-state index contributed by atoms with van der Waals surface area (Å²) in [4.78, 5) is 0. The second kappa shape index (κ2) is 14.5. The zero-order chi connectivity index (χ0) is 15.9. The first-order valence-electron chi connectivity index (χ1n) is 10.4. The lowest BCUT2D eigenvalue weighted by molar-refractivity contribution is 0.387. The molecule has 22 heavy (non-hydrogen) atoms. The molecule has 0 aliphatic carbocycles. The molecule has 0 spiro atoms. The average Bonchev–Trinajstić information content (AvgIpc) is 3.30. The smallest absolute Gasteiger partial charge is 0.0810 e. The summed E-state index contributed by atoms with van der Waals surface area (Å²) in [6.07, 6.45) is 23.8. The lowest BCUT2D eigenvalue weighted by Gasteiger charge is -2.05. The molecular formula is C21H42O. The Morgan fingerprint density at radius 1 is 0.636 bits per heavy atom. The molecule has 1 saturated heterocycles. The molecule has 0 aromatic heterocycles. The lowest BCUT2D eigenvalue weighted by atomic mass is 10.0. The van der Waals surface area contributed by atoms with Crippen LogP contribution in [-0.2, 0) is 4.74 Å². The molecule has 132 valence electrons. The third-order valence-electron chi connectivity index (χ3n) is 4.96. The van der Waals surface area contributed by atoms with Crippen LogP contribution in [0.25, 0.3) is 0 Å². The van der Waals surface area contributed by atoms with Crippen LogP contribution < -0.4 is 0 Å². The highest BCUT2D eigenvalue weighted by Crippen LogP contribution is 2.18. The van der Waals surface area contributed by atoms with E-state index in [-0.39, 0.29) is 0 Å². The quantitative estimate of drug-likeness (QED) is 0.203. The van der Waals surface area contributed by atoms with Gasteiger partial charge in [-0.15, -0.1) is 0 Å². The Bertz CT molecular complexity index is 204. The van der Waals surface area contributed by atoms with Crippen LogP contribution in [0.15, 0.2) is 0 Å². The van der Waals surface area contributed by atoms with E-state index >= 15 is 0 Å². The Kier molecular flexibility index (Phi) is 13.2. The van der Waals surface area contributed by atoms with Gasteiger partial charge in [-0.05, 0) is 12.3 Å². The standard InChI is InChI=1S/C21H42O/c1-20(2)17-15-13-11-9-7-5-3-4-6-8-10-12-14-16-18-21-19-22-21/h20-21H,3-19H2,1-2H3. The largest absolute Gasteiger partial charge is 0.373 e. The summed E-state index contributed by atoms with van der Waals surface area (Å²) in [6, 6.07) is 0. The number of unbranched alkanes of at least 4 members (excludes halogenated alkanes) is 13. The van der Waals surface area contributed by atoms with Crippen molar-refractivity contribution in [2.45, 2.75) is 123 Å². The van der Waals surface area contributed by atoms with Gasteiger partial charge >= 0.3 is 0 Å². The molecule has 0 saturated carbocycles.